The Hall–Kier alpha value is -1.46. The number of amides is 1. The fraction of sp³-hybridized carbons (Fsp3) is 0.500. The van der Waals surface area contributed by atoms with Gasteiger partial charge in [-0.05, 0) is 19.9 Å². The van der Waals surface area contributed by atoms with Gasteiger partial charge in [0.25, 0.3) is 0 Å². The number of methoxy groups -OCH3 is 2. The third-order valence-corrected chi connectivity index (χ3v) is 2.71. The maximum atomic E-state index is 12.0. The number of hydrogen-bond donors (Lipinski definition) is 2. The zero-order valence-electron chi connectivity index (χ0n) is 12.4. The van der Waals surface area contributed by atoms with E-state index < -0.39 is 0 Å². The van der Waals surface area contributed by atoms with Crippen molar-refractivity contribution in [3.63, 3.8) is 0 Å². The average molecular weight is 303 g/mol. The Morgan fingerprint density at radius 3 is 2.20 bits per heavy atom. The van der Waals surface area contributed by atoms with Gasteiger partial charge in [-0.15, -0.1) is 12.4 Å². The molecule has 1 atom stereocenters. The average Bonchev–Trinajstić information content (AvgIpc) is 2.43. The van der Waals surface area contributed by atoms with E-state index in [9.17, 15) is 4.79 Å². The molecule has 1 rings (SSSR count). The number of halogens is 1. The van der Waals surface area contributed by atoms with Gasteiger partial charge in [-0.3, -0.25) is 4.79 Å². The Balaban J connectivity index is 0.00000361. The van der Waals surface area contributed by atoms with E-state index in [1.807, 2.05) is 6.92 Å². The highest BCUT2D eigenvalue weighted by Gasteiger charge is 2.12. The summed E-state index contributed by atoms with van der Waals surface area (Å²) in [4.78, 5) is 12.0. The zero-order valence-corrected chi connectivity index (χ0v) is 13.2. The first-order valence-corrected chi connectivity index (χ1v) is 6.38. The molecular formula is C14H23ClN2O3. The van der Waals surface area contributed by atoms with E-state index in [1.54, 1.807) is 32.4 Å². The minimum Gasteiger partial charge on any atom is -0.497 e. The van der Waals surface area contributed by atoms with E-state index in [0.29, 0.717) is 17.2 Å². The Morgan fingerprint density at radius 2 is 1.75 bits per heavy atom. The van der Waals surface area contributed by atoms with Crippen LogP contribution in [-0.4, -0.2) is 32.7 Å². The molecular weight excluding hydrogens is 280 g/mol. The molecule has 5 nitrogen and oxygen atoms in total. The van der Waals surface area contributed by atoms with Crippen molar-refractivity contribution < 1.29 is 14.3 Å². The molecule has 0 aromatic heterocycles. The highest BCUT2D eigenvalue weighted by atomic mass is 35.5. The van der Waals surface area contributed by atoms with Crippen molar-refractivity contribution in [2.24, 2.45) is 0 Å². The third kappa shape index (κ3) is 5.67. The van der Waals surface area contributed by atoms with Gasteiger partial charge in [-0.2, -0.15) is 0 Å². The van der Waals surface area contributed by atoms with Crippen molar-refractivity contribution in [3.05, 3.63) is 18.2 Å². The monoisotopic (exact) mass is 302 g/mol. The zero-order chi connectivity index (χ0) is 14.3. The number of ether oxygens (including phenoxy) is 2. The molecule has 0 spiro atoms. The van der Waals surface area contributed by atoms with Crippen molar-refractivity contribution >= 4 is 24.0 Å². The maximum Gasteiger partial charge on any atom is 0.241 e. The standard InChI is InChI=1S/C14H22N2O3.ClH/c1-5-6-15-10(2)14(17)16-11-7-12(18-3)9-13(8-11)19-4;/h7-10,15H,5-6H2,1-4H3,(H,16,17);1H. The third-order valence-electron chi connectivity index (χ3n) is 2.71. The van der Waals surface area contributed by atoms with Gasteiger partial charge in [0.05, 0.1) is 20.3 Å². The number of nitrogens with one attached hydrogen (secondary N) is 2. The predicted octanol–water partition coefficient (Wildman–Crippen LogP) is 2.45. The van der Waals surface area contributed by atoms with Crippen molar-refractivity contribution in [2.45, 2.75) is 26.3 Å². The number of anilines is 1. The van der Waals surface area contributed by atoms with Crippen LogP contribution >= 0.6 is 12.4 Å². The lowest BCUT2D eigenvalue weighted by Gasteiger charge is -2.14. The fourth-order valence-electron chi connectivity index (χ4n) is 1.58. The maximum absolute atomic E-state index is 12.0. The Kier molecular flexibility index (Phi) is 8.76. The molecule has 2 N–H and O–H groups in total. The molecule has 0 radical (unpaired) electrons. The van der Waals surface area contributed by atoms with Gasteiger partial charge >= 0.3 is 0 Å². The summed E-state index contributed by atoms with van der Waals surface area (Å²) in [5, 5.41) is 5.97. The summed E-state index contributed by atoms with van der Waals surface area (Å²) in [5.74, 6) is 1.20. The molecule has 114 valence electrons. The first kappa shape index (κ1) is 18.5. The minimum absolute atomic E-state index is 0. The second kappa shape index (κ2) is 9.44. The summed E-state index contributed by atoms with van der Waals surface area (Å²) < 4.78 is 10.3. The summed E-state index contributed by atoms with van der Waals surface area (Å²) in [6, 6.07) is 5.03. The van der Waals surface area contributed by atoms with E-state index in [-0.39, 0.29) is 24.4 Å². The Bertz CT molecular complexity index is 405. The molecule has 0 saturated heterocycles. The molecule has 1 unspecified atom stereocenters. The number of hydrogen-bond acceptors (Lipinski definition) is 4. The Labute approximate surface area is 126 Å². The van der Waals surface area contributed by atoms with Crippen LogP contribution in [0.1, 0.15) is 20.3 Å². The van der Waals surface area contributed by atoms with E-state index in [2.05, 4.69) is 17.6 Å². The molecule has 0 heterocycles. The molecule has 6 heteroatoms. The van der Waals surface area contributed by atoms with E-state index in [0.717, 1.165) is 13.0 Å². The summed E-state index contributed by atoms with van der Waals surface area (Å²) in [6.07, 6.45) is 0.991. The van der Waals surface area contributed by atoms with Crippen LogP contribution < -0.4 is 20.1 Å². The van der Waals surface area contributed by atoms with E-state index in [1.165, 1.54) is 0 Å². The predicted molar refractivity (Wildman–Crippen MR) is 83.2 cm³/mol. The minimum atomic E-state index is -0.239. The first-order chi connectivity index (χ1) is 9.10. The highest BCUT2D eigenvalue weighted by Crippen LogP contribution is 2.25. The molecule has 1 aromatic rings. The van der Waals surface area contributed by atoms with Crippen LogP contribution in [-0.2, 0) is 4.79 Å². The molecule has 0 fully saturated rings. The molecule has 20 heavy (non-hydrogen) atoms. The molecule has 1 amide bonds. The van der Waals surface area contributed by atoms with Crippen molar-refractivity contribution in [1.82, 2.24) is 5.32 Å². The van der Waals surface area contributed by atoms with Crippen LogP contribution in [0.5, 0.6) is 11.5 Å². The molecule has 0 aliphatic rings. The normalized spacial score (nSPS) is 11.2. The van der Waals surface area contributed by atoms with Crippen molar-refractivity contribution in [2.75, 3.05) is 26.1 Å². The first-order valence-electron chi connectivity index (χ1n) is 6.38. The van der Waals surface area contributed by atoms with E-state index >= 15 is 0 Å². The van der Waals surface area contributed by atoms with Crippen LogP contribution in [0.2, 0.25) is 0 Å². The molecule has 1 aromatic carbocycles. The number of carbonyl (C=O) groups excluding carboxylic acids is 1. The molecule has 0 bridgehead atoms. The summed E-state index contributed by atoms with van der Waals surface area (Å²) in [6.45, 7) is 4.71. The quantitative estimate of drug-likeness (QED) is 0.812. The van der Waals surface area contributed by atoms with Gasteiger partial charge < -0.3 is 20.1 Å². The summed E-state index contributed by atoms with van der Waals surface area (Å²) >= 11 is 0. The smallest absolute Gasteiger partial charge is 0.241 e. The topological polar surface area (TPSA) is 59.6 Å². The van der Waals surface area contributed by atoms with Crippen LogP contribution in [0.3, 0.4) is 0 Å². The van der Waals surface area contributed by atoms with Gasteiger partial charge in [-0.1, -0.05) is 6.92 Å². The Morgan fingerprint density at radius 1 is 1.20 bits per heavy atom. The van der Waals surface area contributed by atoms with Gasteiger partial charge in [0, 0.05) is 23.9 Å². The lowest BCUT2D eigenvalue weighted by atomic mass is 10.2. The summed E-state index contributed by atoms with van der Waals surface area (Å²) in [7, 11) is 3.15. The number of carbonyl (C=O) groups is 1. The van der Waals surface area contributed by atoms with Gasteiger partial charge in [0.2, 0.25) is 5.91 Å². The number of rotatable bonds is 7. The van der Waals surface area contributed by atoms with Gasteiger partial charge in [0.15, 0.2) is 0 Å². The SMILES string of the molecule is CCCNC(C)C(=O)Nc1cc(OC)cc(OC)c1.Cl. The van der Waals surface area contributed by atoms with Crippen molar-refractivity contribution in [1.29, 1.82) is 0 Å². The summed E-state index contributed by atoms with van der Waals surface area (Å²) in [5.41, 5.74) is 0.659. The number of benzene rings is 1. The largest absolute Gasteiger partial charge is 0.497 e. The van der Waals surface area contributed by atoms with Crippen LogP contribution in [0.15, 0.2) is 18.2 Å². The lowest BCUT2D eigenvalue weighted by Crippen LogP contribution is -2.38. The van der Waals surface area contributed by atoms with E-state index in [4.69, 9.17) is 9.47 Å². The van der Waals surface area contributed by atoms with Gasteiger partial charge in [-0.25, -0.2) is 0 Å². The molecule has 0 aliphatic carbocycles. The molecule has 0 aliphatic heterocycles. The van der Waals surface area contributed by atoms with Crippen LogP contribution in [0.25, 0.3) is 0 Å². The van der Waals surface area contributed by atoms with Gasteiger partial charge in [0.1, 0.15) is 11.5 Å². The highest BCUT2D eigenvalue weighted by molar-refractivity contribution is 5.94. The lowest BCUT2D eigenvalue weighted by molar-refractivity contribution is -0.117. The van der Waals surface area contributed by atoms with Crippen molar-refractivity contribution in [3.8, 4) is 11.5 Å². The second-order valence-electron chi connectivity index (χ2n) is 4.27. The second-order valence-corrected chi connectivity index (χ2v) is 4.27. The van der Waals surface area contributed by atoms with Crippen LogP contribution in [0, 0.1) is 0 Å². The fourth-order valence-corrected chi connectivity index (χ4v) is 1.58. The molecule has 0 saturated carbocycles. The van der Waals surface area contributed by atoms with Crippen LogP contribution in [0.4, 0.5) is 5.69 Å².